The molecule has 12 heavy (non-hydrogen) atoms. The zero-order chi connectivity index (χ0) is 9.14. The molecule has 1 rings (SSSR count). The van der Waals surface area contributed by atoms with E-state index in [2.05, 4.69) is 0 Å². The average molecular weight is 168 g/mol. The Morgan fingerprint density at radius 2 is 2.50 bits per heavy atom. The van der Waals surface area contributed by atoms with Gasteiger partial charge in [0.2, 0.25) is 0 Å². The first-order chi connectivity index (χ1) is 5.65. The molecule has 1 aromatic rings. The third-order valence-electron chi connectivity index (χ3n) is 1.79. The topological polar surface area (TPSA) is 68.2 Å². The van der Waals surface area contributed by atoms with Crippen LogP contribution >= 0.6 is 0 Å². The van der Waals surface area contributed by atoms with Crippen molar-refractivity contribution in [3.05, 3.63) is 24.0 Å². The molecule has 1 heterocycles. The fourth-order valence-corrected chi connectivity index (χ4v) is 1.11. The van der Waals surface area contributed by atoms with Crippen LogP contribution in [-0.2, 0) is 11.8 Å². The Labute approximate surface area is 70.6 Å². The van der Waals surface area contributed by atoms with Crippen LogP contribution in [0.2, 0.25) is 0 Å². The second-order valence-electron chi connectivity index (χ2n) is 2.74. The number of carboxylic acids is 1. The second kappa shape index (κ2) is 3.40. The van der Waals surface area contributed by atoms with Crippen molar-refractivity contribution in [1.29, 1.82) is 0 Å². The summed E-state index contributed by atoms with van der Waals surface area (Å²) in [6.07, 6.45) is 3.58. The third kappa shape index (κ3) is 1.65. The number of carbonyl (C=O) groups is 1. The van der Waals surface area contributed by atoms with Crippen molar-refractivity contribution in [1.82, 2.24) is 4.57 Å². The van der Waals surface area contributed by atoms with Gasteiger partial charge in [-0.25, -0.2) is 0 Å². The van der Waals surface area contributed by atoms with E-state index < -0.39 is 11.9 Å². The summed E-state index contributed by atoms with van der Waals surface area (Å²) in [5.41, 5.74) is 6.08. The molecule has 1 unspecified atom stereocenters. The Morgan fingerprint density at radius 3 is 2.83 bits per heavy atom. The van der Waals surface area contributed by atoms with Gasteiger partial charge in [-0.15, -0.1) is 0 Å². The number of carboxylic acid groups (broad SMARTS) is 1. The third-order valence-corrected chi connectivity index (χ3v) is 1.79. The maximum absolute atomic E-state index is 10.7. The summed E-state index contributed by atoms with van der Waals surface area (Å²) in [5, 5.41) is 8.75. The van der Waals surface area contributed by atoms with Crippen LogP contribution in [0.1, 0.15) is 11.5 Å². The van der Waals surface area contributed by atoms with Gasteiger partial charge < -0.3 is 15.4 Å². The first kappa shape index (κ1) is 8.80. The molecule has 1 aromatic heterocycles. The molecule has 4 heteroatoms. The summed E-state index contributed by atoms with van der Waals surface area (Å²) in [6.45, 7) is 0.138. The van der Waals surface area contributed by atoms with Crippen LogP contribution in [0.4, 0.5) is 0 Å². The lowest BCUT2D eigenvalue weighted by molar-refractivity contribution is -0.138. The molecule has 3 N–H and O–H groups in total. The number of aliphatic carboxylic acids is 1. The van der Waals surface area contributed by atoms with Crippen molar-refractivity contribution in [2.24, 2.45) is 12.8 Å². The van der Waals surface area contributed by atoms with Crippen molar-refractivity contribution in [2.75, 3.05) is 6.54 Å². The van der Waals surface area contributed by atoms with Gasteiger partial charge in [0.15, 0.2) is 0 Å². The molecule has 0 aliphatic rings. The number of nitrogens with zero attached hydrogens (tertiary/aromatic N) is 1. The predicted molar refractivity (Wildman–Crippen MR) is 44.8 cm³/mol. The largest absolute Gasteiger partial charge is 0.481 e. The van der Waals surface area contributed by atoms with Gasteiger partial charge in [-0.1, -0.05) is 0 Å². The van der Waals surface area contributed by atoms with Gasteiger partial charge in [0.25, 0.3) is 0 Å². The van der Waals surface area contributed by atoms with Crippen molar-refractivity contribution in [2.45, 2.75) is 5.92 Å². The predicted octanol–water partition coefficient (Wildman–Crippen LogP) is 0.152. The first-order valence-electron chi connectivity index (χ1n) is 3.70. The first-order valence-corrected chi connectivity index (χ1v) is 3.70. The minimum Gasteiger partial charge on any atom is -0.481 e. The van der Waals surface area contributed by atoms with E-state index in [4.69, 9.17) is 10.8 Å². The Hall–Kier alpha value is -1.29. The van der Waals surface area contributed by atoms with Crippen LogP contribution in [0.15, 0.2) is 18.5 Å². The second-order valence-corrected chi connectivity index (χ2v) is 2.74. The van der Waals surface area contributed by atoms with Gasteiger partial charge in [0.05, 0.1) is 5.92 Å². The standard InChI is InChI=1S/C8H12N2O2/c1-10-3-2-6(5-10)7(4-9)8(11)12/h2-3,5,7H,4,9H2,1H3,(H,11,12). The van der Waals surface area contributed by atoms with Crippen LogP contribution in [0.25, 0.3) is 0 Å². The number of nitrogens with two attached hydrogens (primary N) is 1. The molecule has 66 valence electrons. The monoisotopic (exact) mass is 168 g/mol. The number of aryl methyl sites for hydroxylation is 1. The molecular formula is C8H12N2O2. The number of aromatic nitrogens is 1. The minimum absolute atomic E-state index is 0.138. The smallest absolute Gasteiger partial charge is 0.312 e. The summed E-state index contributed by atoms with van der Waals surface area (Å²) >= 11 is 0. The molecule has 0 bridgehead atoms. The van der Waals surface area contributed by atoms with Gasteiger partial charge in [-0.3, -0.25) is 4.79 Å². The van der Waals surface area contributed by atoms with Crippen LogP contribution in [-0.4, -0.2) is 22.2 Å². The maximum atomic E-state index is 10.7. The highest BCUT2D eigenvalue weighted by Crippen LogP contribution is 2.14. The highest BCUT2D eigenvalue weighted by molar-refractivity contribution is 5.76. The molecule has 0 radical (unpaired) electrons. The Balaban J connectivity index is 2.87. The van der Waals surface area contributed by atoms with Crippen LogP contribution < -0.4 is 5.73 Å². The van der Waals surface area contributed by atoms with Crippen molar-refractivity contribution in [3.8, 4) is 0 Å². The number of hydrogen-bond donors (Lipinski definition) is 2. The van der Waals surface area contributed by atoms with Gasteiger partial charge in [0.1, 0.15) is 0 Å². The van der Waals surface area contributed by atoms with Crippen molar-refractivity contribution >= 4 is 5.97 Å². The van der Waals surface area contributed by atoms with E-state index >= 15 is 0 Å². The zero-order valence-corrected chi connectivity index (χ0v) is 6.90. The molecule has 0 aromatic carbocycles. The summed E-state index contributed by atoms with van der Waals surface area (Å²) in [6, 6.07) is 1.77. The van der Waals surface area contributed by atoms with Crippen LogP contribution in [0.3, 0.4) is 0 Å². The van der Waals surface area contributed by atoms with Crippen molar-refractivity contribution in [3.63, 3.8) is 0 Å². The molecule has 0 saturated carbocycles. The summed E-state index contributed by atoms with van der Waals surface area (Å²) in [4.78, 5) is 10.7. The number of hydrogen-bond acceptors (Lipinski definition) is 2. The van der Waals surface area contributed by atoms with Crippen LogP contribution in [0.5, 0.6) is 0 Å². The minimum atomic E-state index is -0.872. The molecule has 0 aliphatic heterocycles. The highest BCUT2D eigenvalue weighted by Gasteiger charge is 2.17. The van der Waals surface area contributed by atoms with Gasteiger partial charge in [0, 0.05) is 26.0 Å². The zero-order valence-electron chi connectivity index (χ0n) is 6.90. The average Bonchev–Trinajstić information content (AvgIpc) is 2.37. The Morgan fingerprint density at radius 1 is 1.83 bits per heavy atom. The molecule has 0 aliphatic carbocycles. The van der Waals surface area contributed by atoms with Gasteiger partial charge >= 0.3 is 5.97 Å². The molecule has 0 fully saturated rings. The fraction of sp³-hybridized carbons (Fsp3) is 0.375. The van der Waals surface area contributed by atoms with E-state index in [9.17, 15) is 4.79 Å². The molecule has 4 nitrogen and oxygen atoms in total. The van der Waals surface area contributed by atoms with Crippen molar-refractivity contribution < 1.29 is 9.90 Å². The normalized spacial score (nSPS) is 12.8. The summed E-state index contributed by atoms with van der Waals surface area (Å²) < 4.78 is 1.81. The number of rotatable bonds is 3. The molecule has 0 saturated heterocycles. The molecule has 0 amide bonds. The van der Waals surface area contributed by atoms with E-state index in [0.717, 1.165) is 5.56 Å². The van der Waals surface area contributed by atoms with E-state index in [1.54, 1.807) is 23.0 Å². The van der Waals surface area contributed by atoms with Crippen LogP contribution in [0, 0.1) is 0 Å². The van der Waals surface area contributed by atoms with E-state index in [-0.39, 0.29) is 6.54 Å². The quantitative estimate of drug-likeness (QED) is 0.675. The van der Waals surface area contributed by atoms with E-state index in [0.29, 0.717) is 0 Å². The maximum Gasteiger partial charge on any atom is 0.312 e. The summed E-state index contributed by atoms with van der Waals surface area (Å²) in [5.74, 6) is -1.45. The van der Waals surface area contributed by atoms with Gasteiger partial charge in [-0.2, -0.15) is 0 Å². The molecular weight excluding hydrogens is 156 g/mol. The lowest BCUT2D eigenvalue weighted by Gasteiger charge is -2.05. The van der Waals surface area contributed by atoms with E-state index in [1.807, 2.05) is 7.05 Å². The highest BCUT2D eigenvalue weighted by atomic mass is 16.4. The Bertz CT molecular complexity index is 280. The lowest BCUT2D eigenvalue weighted by Crippen LogP contribution is -2.20. The fourth-order valence-electron chi connectivity index (χ4n) is 1.11. The SMILES string of the molecule is Cn1ccc(C(CN)C(=O)O)c1. The molecule has 1 atom stereocenters. The van der Waals surface area contributed by atoms with E-state index in [1.165, 1.54) is 0 Å². The lowest BCUT2D eigenvalue weighted by atomic mass is 10.0. The molecule has 0 spiro atoms. The Kier molecular flexibility index (Phi) is 2.50. The van der Waals surface area contributed by atoms with Gasteiger partial charge in [-0.05, 0) is 11.6 Å². The summed E-state index contributed by atoms with van der Waals surface area (Å²) in [7, 11) is 1.85.